The van der Waals surface area contributed by atoms with E-state index < -0.39 is 32.2 Å². The number of imidazole rings is 1. The number of ether oxygens (including phenoxy) is 1. The Bertz CT molecular complexity index is 752. The van der Waals surface area contributed by atoms with E-state index in [1.165, 1.54) is 6.33 Å². The molecule has 22 heavy (non-hydrogen) atoms. The van der Waals surface area contributed by atoms with Gasteiger partial charge in [-0.05, 0) is 6.42 Å². The molecule has 2 aromatic rings. The summed E-state index contributed by atoms with van der Waals surface area (Å²) in [5.74, 6) is -0.0456. The first-order valence-electron chi connectivity index (χ1n) is 6.28. The van der Waals surface area contributed by atoms with Gasteiger partial charge in [0, 0.05) is 6.54 Å². The molecule has 0 unspecified atom stereocenters. The zero-order valence-corrected chi connectivity index (χ0v) is 12.3. The lowest BCUT2D eigenvalue weighted by molar-refractivity contribution is 0.0227. The van der Waals surface area contributed by atoms with Gasteiger partial charge in [0.1, 0.15) is 6.35 Å². The van der Waals surface area contributed by atoms with Crippen LogP contribution in [0.4, 0.5) is 5.95 Å². The first kappa shape index (κ1) is 16.6. The van der Waals surface area contributed by atoms with Crippen LogP contribution in [-0.2, 0) is 15.8 Å². The van der Waals surface area contributed by atoms with Gasteiger partial charge in [-0.15, -0.1) is 0 Å². The molecule has 0 aliphatic carbocycles. The lowest BCUT2D eigenvalue weighted by Crippen LogP contribution is -2.21. The van der Waals surface area contributed by atoms with E-state index >= 15 is 0 Å². The summed E-state index contributed by atoms with van der Waals surface area (Å²) in [5, 5.41) is 9.16. The Morgan fingerprint density at radius 3 is 2.86 bits per heavy atom. The average molecular weight is 333 g/mol. The molecule has 122 valence electrons. The van der Waals surface area contributed by atoms with Crippen LogP contribution in [0, 0.1) is 0 Å². The number of hydrogen-bond acceptors (Lipinski definition) is 7. The van der Waals surface area contributed by atoms with Crippen molar-refractivity contribution in [2.45, 2.75) is 19.1 Å². The minimum Gasteiger partial charge on any atom is -0.394 e. The van der Waals surface area contributed by atoms with Crippen molar-refractivity contribution >= 4 is 24.7 Å². The molecule has 0 fully saturated rings. The molecule has 6 N–H and O–H groups in total. The molecule has 0 radical (unpaired) electrons. The molecule has 2 aromatic heterocycles. The van der Waals surface area contributed by atoms with Crippen LogP contribution < -0.4 is 11.3 Å². The predicted octanol–water partition coefficient (Wildman–Crippen LogP) is -1.40. The van der Waals surface area contributed by atoms with Crippen molar-refractivity contribution < 1.29 is 24.2 Å². The fraction of sp³-hybridized carbons (Fsp3) is 0.500. The zero-order chi connectivity index (χ0) is 16.3. The van der Waals surface area contributed by atoms with Crippen LogP contribution in [0.25, 0.3) is 11.2 Å². The van der Waals surface area contributed by atoms with Crippen molar-refractivity contribution in [1.29, 1.82) is 0 Å². The molecule has 1 atom stereocenters. The van der Waals surface area contributed by atoms with Crippen LogP contribution in [0.2, 0.25) is 0 Å². The van der Waals surface area contributed by atoms with Gasteiger partial charge in [-0.25, -0.2) is 4.98 Å². The van der Waals surface area contributed by atoms with Crippen molar-refractivity contribution in [3.8, 4) is 0 Å². The van der Waals surface area contributed by atoms with E-state index in [0.717, 1.165) is 0 Å². The lowest BCUT2D eigenvalue weighted by Gasteiger charge is -2.16. The quantitative estimate of drug-likeness (QED) is 0.381. The van der Waals surface area contributed by atoms with Gasteiger partial charge in [0.15, 0.2) is 11.2 Å². The van der Waals surface area contributed by atoms with E-state index in [1.54, 1.807) is 4.57 Å². The highest BCUT2D eigenvalue weighted by molar-refractivity contribution is 7.51. The average Bonchev–Trinajstić information content (AvgIpc) is 2.81. The number of aromatic nitrogens is 4. The van der Waals surface area contributed by atoms with Gasteiger partial charge in [0.05, 0.1) is 19.0 Å². The third-order valence-electron chi connectivity index (χ3n) is 2.87. The third-order valence-corrected chi connectivity index (χ3v) is 3.35. The molecule has 0 aliphatic rings. The number of fused-ring (bicyclic) bond motifs is 1. The highest BCUT2D eigenvalue weighted by Crippen LogP contribution is 2.34. The highest BCUT2D eigenvalue weighted by Gasteiger charge is 2.18. The van der Waals surface area contributed by atoms with E-state index in [1.807, 2.05) is 0 Å². The summed E-state index contributed by atoms with van der Waals surface area (Å²) < 4.78 is 17.2. The van der Waals surface area contributed by atoms with Gasteiger partial charge >= 0.3 is 7.60 Å². The number of hydrogen-bond donors (Lipinski definition) is 5. The molecule has 11 nitrogen and oxygen atoms in total. The van der Waals surface area contributed by atoms with Crippen molar-refractivity contribution in [1.82, 2.24) is 19.5 Å². The summed E-state index contributed by atoms with van der Waals surface area (Å²) in [4.78, 5) is 39.3. The summed E-state index contributed by atoms with van der Waals surface area (Å²) in [7, 11) is -4.30. The normalized spacial score (nSPS) is 13.6. The maximum atomic E-state index is 11.6. The van der Waals surface area contributed by atoms with E-state index in [2.05, 4.69) is 15.0 Å². The van der Waals surface area contributed by atoms with E-state index in [9.17, 15) is 9.36 Å². The minimum atomic E-state index is -4.30. The molecule has 0 spiro atoms. The zero-order valence-electron chi connectivity index (χ0n) is 11.4. The standard InChI is InChI=1S/C10H16N5O6P/c11-10-13-8-7(9(17)14-10)12-4-15(8)2-1-6(3-16)21-5-22(18,19)20/h4,6,16H,1-3,5H2,(H2,18,19,20)(H3,11,13,14,17)/t6-/m0/s1. The van der Waals surface area contributed by atoms with Gasteiger partial charge in [0.25, 0.3) is 5.56 Å². The topological polar surface area (TPSA) is 177 Å². The maximum Gasteiger partial charge on any atom is 0.350 e. The van der Waals surface area contributed by atoms with Crippen LogP contribution in [0.15, 0.2) is 11.1 Å². The van der Waals surface area contributed by atoms with Gasteiger partial charge in [-0.3, -0.25) is 14.3 Å². The summed E-state index contributed by atoms with van der Waals surface area (Å²) in [5.41, 5.74) is 5.43. The number of aliphatic hydroxyl groups is 1. The van der Waals surface area contributed by atoms with E-state index in [4.69, 9.17) is 25.4 Å². The lowest BCUT2D eigenvalue weighted by atomic mass is 10.2. The molecular formula is C10H16N5O6P. The molecular weight excluding hydrogens is 317 g/mol. The second-order valence-corrected chi connectivity index (χ2v) is 6.20. The molecule has 2 rings (SSSR count). The van der Waals surface area contributed by atoms with Crippen LogP contribution in [-0.4, -0.2) is 53.5 Å². The van der Waals surface area contributed by atoms with E-state index in [-0.39, 0.29) is 30.1 Å². The number of nitrogens with two attached hydrogens (primary N) is 1. The van der Waals surface area contributed by atoms with Gasteiger partial charge in [-0.1, -0.05) is 0 Å². The molecule has 0 amide bonds. The van der Waals surface area contributed by atoms with Crippen molar-refractivity contribution in [3.05, 3.63) is 16.7 Å². The van der Waals surface area contributed by atoms with Gasteiger partial charge in [0.2, 0.25) is 5.95 Å². The van der Waals surface area contributed by atoms with Crippen LogP contribution in [0.1, 0.15) is 6.42 Å². The molecule has 0 saturated heterocycles. The number of aromatic amines is 1. The first-order chi connectivity index (χ1) is 10.3. The molecule has 0 aliphatic heterocycles. The van der Waals surface area contributed by atoms with Gasteiger partial charge < -0.3 is 29.9 Å². The number of anilines is 1. The fourth-order valence-corrected chi connectivity index (χ4v) is 2.25. The second-order valence-electron chi connectivity index (χ2n) is 4.62. The smallest absolute Gasteiger partial charge is 0.350 e. The van der Waals surface area contributed by atoms with Crippen molar-refractivity contribution in [2.24, 2.45) is 0 Å². The number of nitrogen functional groups attached to an aromatic ring is 1. The number of H-pyrrole nitrogens is 1. The van der Waals surface area contributed by atoms with E-state index in [0.29, 0.717) is 0 Å². The molecule has 0 bridgehead atoms. The SMILES string of the molecule is Nc1nc2c(ncn2CC[C@@H](CO)OCP(=O)(O)O)c(=O)[nH]1. The minimum absolute atomic E-state index is 0.0456. The fourth-order valence-electron chi connectivity index (χ4n) is 1.85. The summed E-state index contributed by atoms with van der Waals surface area (Å²) in [6, 6.07) is 0. The van der Waals surface area contributed by atoms with Crippen LogP contribution in [0.5, 0.6) is 0 Å². The molecule has 0 saturated carbocycles. The summed E-state index contributed by atoms with van der Waals surface area (Å²) in [6.45, 7) is -0.123. The predicted molar refractivity (Wildman–Crippen MR) is 76.0 cm³/mol. The van der Waals surface area contributed by atoms with Crippen molar-refractivity contribution in [3.63, 3.8) is 0 Å². The number of aliphatic hydroxyl groups excluding tert-OH is 1. The molecule has 0 aromatic carbocycles. The Morgan fingerprint density at radius 2 is 2.23 bits per heavy atom. The Morgan fingerprint density at radius 1 is 1.50 bits per heavy atom. The Kier molecular flexibility index (Phi) is 4.94. The number of aryl methyl sites for hydroxylation is 1. The third kappa shape index (κ3) is 4.12. The van der Waals surface area contributed by atoms with Crippen LogP contribution in [0.3, 0.4) is 0 Å². The second kappa shape index (κ2) is 6.55. The van der Waals surface area contributed by atoms with Crippen molar-refractivity contribution in [2.75, 3.05) is 18.7 Å². The Labute approximate surface area is 123 Å². The monoisotopic (exact) mass is 333 g/mol. The largest absolute Gasteiger partial charge is 0.394 e. The van der Waals surface area contributed by atoms with Gasteiger partial charge in [-0.2, -0.15) is 4.98 Å². The first-order valence-corrected chi connectivity index (χ1v) is 8.07. The highest BCUT2D eigenvalue weighted by atomic mass is 31.2. The number of nitrogens with zero attached hydrogens (tertiary/aromatic N) is 3. The molecule has 12 heteroatoms. The summed E-state index contributed by atoms with van der Waals surface area (Å²) >= 11 is 0. The molecule has 2 heterocycles. The Balaban J connectivity index is 2.07. The number of nitrogens with one attached hydrogen (secondary N) is 1. The number of rotatable bonds is 7. The Hall–Kier alpha value is -1.78. The summed E-state index contributed by atoms with van der Waals surface area (Å²) in [6.07, 6.45) is 0.109. The maximum absolute atomic E-state index is 11.6. The van der Waals surface area contributed by atoms with Crippen LogP contribution >= 0.6 is 7.60 Å².